The normalized spacial score (nSPS) is 19.4. The van der Waals surface area contributed by atoms with Crippen LogP contribution in [0, 0.1) is 19.8 Å². The first-order chi connectivity index (χ1) is 12.9. The lowest BCUT2D eigenvalue weighted by Crippen LogP contribution is -2.48. The van der Waals surface area contributed by atoms with E-state index in [0.717, 1.165) is 36.1 Å². The minimum absolute atomic E-state index is 0.00224. The summed E-state index contributed by atoms with van der Waals surface area (Å²) in [5, 5.41) is 0. The Morgan fingerprint density at radius 2 is 1.81 bits per heavy atom. The molecule has 0 aromatic heterocycles. The molecule has 0 saturated heterocycles. The number of nitrogens with zero attached hydrogens (tertiary/aromatic N) is 1. The summed E-state index contributed by atoms with van der Waals surface area (Å²) < 4.78 is 10.9. The summed E-state index contributed by atoms with van der Waals surface area (Å²) >= 11 is 0. The molecule has 0 N–H and O–H groups in total. The Balaban J connectivity index is 2.06. The van der Waals surface area contributed by atoms with E-state index in [-0.39, 0.29) is 30.9 Å². The number of esters is 1. The first-order valence-electron chi connectivity index (χ1n) is 10.1. The lowest BCUT2D eigenvalue weighted by molar-refractivity contribution is -0.145. The molecule has 1 saturated carbocycles. The number of para-hydroxylation sites is 1. The fourth-order valence-corrected chi connectivity index (χ4v) is 3.92. The maximum Gasteiger partial charge on any atom is 0.307 e. The number of rotatable bonds is 8. The Morgan fingerprint density at radius 1 is 1.15 bits per heavy atom. The average Bonchev–Trinajstić information content (AvgIpc) is 2.63. The zero-order chi connectivity index (χ0) is 19.8. The third-order valence-electron chi connectivity index (χ3n) is 5.40. The molecule has 2 unspecified atom stereocenters. The number of hydrogen-bond acceptors (Lipinski definition) is 4. The first-order valence-corrected chi connectivity index (χ1v) is 10.1. The van der Waals surface area contributed by atoms with Gasteiger partial charge in [0.2, 0.25) is 0 Å². The molecule has 0 aliphatic heterocycles. The van der Waals surface area contributed by atoms with Gasteiger partial charge in [-0.1, -0.05) is 38.0 Å². The van der Waals surface area contributed by atoms with E-state index in [1.54, 1.807) is 6.92 Å². The van der Waals surface area contributed by atoms with Gasteiger partial charge in [0.1, 0.15) is 5.75 Å². The predicted octanol–water partition coefficient (Wildman–Crippen LogP) is 4.04. The fraction of sp³-hybridized carbons (Fsp3) is 0.636. The topological polar surface area (TPSA) is 55.8 Å². The number of hydrogen-bond donors (Lipinski definition) is 0. The van der Waals surface area contributed by atoms with Crippen LogP contribution in [0.15, 0.2) is 18.2 Å². The van der Waals surface area contributed by atoms with E-state index in [0.29, 0.717) is 19.1 Å². The van der Waals surface area contributed by atoms with Gasteiger partial charge in [-0.3, -0.25) is 9.59 Å². The number of benzene rings is 1. The first kappa shape index (κ1) is 21.3. The van der Waals surface area contributed by atoms with E-state index in [9.17, 15) is 9.59 Å². The van der Waals surface area contributed by atoms with Crippen LogP contribution in [0.25, 0.3) is 0 Å². The summed E-state index contributed by atoms with van der Waals surface area (Å²) in [5.41, 5.74) is 2.04. The second-order valence-electron chi connectivity index (χ2n) is 7.48. The van der Waals surface area contributed by atoms with Crippen molar-refractivity contribution in [3.05, 3.63) is 29.3 Å². The zero-order valence-corrected chi connectivity index (χ0v) is 17.1. The summed E-state index contributed by atoms with van der Waals surface area (Å²) in [6.45, 7) is 8.70. The van der Waals surface area contributed by atoms with Crippen LogP contribution in [-0.4, -0.2) is 42.6 Å². The number of carbonyl (C=O) groups excluding carboxylic acids is 2. The smallest absolute Gasteiger partial charge is 0.307 e. The fourth-order valence-electron chi connectivity index (χ4n) is 3.92. The van der Waals surface area contributed by atoms with Gasteiger partial charge in [-0.05, 0) is 50.7 Å². The van der Waals surface area contributed by atoms with Crippen molar-refractivity contribution < 1.29 is 19.1 Å². The van der Waals surface area contributed by atoms with Crippen LogP contribution < -0.4 is 4.74 Å². The van der Waals surface area contributed by atoms with Gasteiger partial charge in [-0.15, -0.1) is 0 Å². The van der Waals surface area contributed by atoms with Gasteiger partial charge in [0.05, 0.1) is 13.0 Å². The predicted molar refractivity (Wildman–Crippen MR) is 106 cm³/mol. The van der Waals surface area contributed by atoms with Crippen LogP contribution in [0.2, 0.25) is 0 Å². The Hall–Kier alpha value is -2.04. The van der Waals surface area contributed by atoms with Crippen molar-refractivity contribution in [2.24, 2.45) is 5.92 Å². The van der Waals surface area contributed by atoms with Crippen molar-refractivity contribution in [2.45, 2.75) is 65.8 Å². The summed E-state index contributed by atoms with van der Waals surface area (Å²) in [4.78, 5) is 26.7. The van der Waals surface area contributed by atoms with Crippen molar-refractivity contribution in [2.75, 3.05) is 19.8 Å². The highest BCUT2D eigenvalue weighted by atomic mass is 16.5. The maximum atomic E-state index is 13.0. The minimum Gasteiger partial charge on any atom is -0.483 e. The van der Waals surface area contributed by atoms with Crippen LogP contribution in [-0.2, 0) is 14.3 Å². The molecule has 1 aliphatic rings. The summed E-state index contributed by atoms with van der Waals surface area (Å²) in [6.07, 6.45) is 4.66. The highest BCUT2D eigenvalue weighted by Crippen LogP contribution is 2.29. The van der Waals surface area contributed by atoms with Gasteiger partial charge in [0.15, 0.2) is 6.61 Å². The van der Waals surface area contributed by atoms with E-state index in [4.69, 9.17) is 9.47 Å². The highest BCUT2D eigenvalue weighted by molar-refractivity contribution is 5.79. The van der Waals surface area contributed by atoms with Gasteiger partial charge >= 0.3 is 5.97 Å². The SMILES string of the molecule is CCOC(=O)CCN(C(=O)COc1c(C)cccc1C)C1CCCCC1C. The molecule has 1 fully saturated rings. The van der Waals surface area contributed by atoms with E-state index >= 15 is 0 Å². The Labute approximate surface area is 163 Å². The third-order valence-corrected chi connectivity index (χ3v) is 5.40. The van der Waals surface area contributed by atoms with Crippen molar-refractivity contribution in [1.82, 2.24) is 4.90 Å². The second-order valence-corrected chi connectivity index (χ2v) is 7.48. The van der Waals surface area contributed by atoms with Crippen molar-refractivity contribution in [1.29, 1.82) is 0 Å². The Kier molecular flexibility index (Phi) is 8.14. The molecular formula is C22H33NO4. The van der Waals surface area contributed by atoms with Gasteiger partial charge < -0.3 is 14.4 Å². The number of amides is 1. The summed E-state index contributed by atoms with van der Waals surface area (Å²) in [7, 11) is 0. The molecule has 1 aromatic carbocycles. The standard InChI is InChI=1S/C22H33NO4/c1-5-26-21(25)13-14-23(19-12-7-6-9-16(19)2)20(24)15-27-22-17(3)10-8-11-18(22)4/h8,10-11,16,19H,5-7,9,12-15H2,1-4H3. The van der Waals surface area contributed by atoms with Crippen molar-refractivity contribution in [3.8, 4) is 5.75 Å². The molecule has 0 bridgehead atoms. The number of ether oxygens (including phenoxy) is 2. The molecule has 0 spiro atoms. The van der Waals surface area contributed by atoms with Crippen LogP contribution in [0.1, 0.15) is 57.1 Å². The molecule has 1 aromatic rings. The molecule has 2 rings (SSSR count). The van der Waals surface area contributed by atoms with Gasteiger partial charge in [-0.2, -0.15) is 0 Å². The molecule has 5 heteroatoms. The monoisotopic (exact) mass is 375 g/mol. The molecule has 5 nitrogen and oxygen atoms in total. The van der Waals surface area contributed by atoms with Crippen LogP contribution in [0.3, 0.4) is 0 Å². The maximum absolute atomic E-state index is 13.0. The molecule has 150 valence electrons. The third kappa shape index (κ3) is 5.98. The van der Waals surface area contributed by atoms with E-state index in [1.807, 2.05) is 36.9 Å². The lowest BCUT2D eigenvalue weighted by Gasteiger charge is -2.38. The van der Waals surface area contributed by atoms with Crippen LogP contribution >= 0.6 is 0 Å². The van der Waals surface area contributed by atoms with Crippen molar-refractivity contribution in [3.63, 3.8) is 0 Å². The summed E-state index contributed by atoms with van der Waals surface area (Å²) in [6, 6.07) is 6.11. The molecule has 1 aliphatic carbocycles. The molecular weight excluding hydrogens is 342 g/mol. The number of aryl methyl sites for hydroxylation is 2. The van der Waals surface area contributed by atoms with E-state index in [2.05, 4.69) is 6.92 Å². The van der Waals surface area contributed by atoms with Gasteiger partial charge in [0, 0.05) is 12.6 Å². The van der Waals surface area contributed by atoms with E-state index in [1.165, 1.54) is 6.42 Å². The lowest BCUT2D eigenvalue weighted by atomic mass is 9.84. The number of carbonyl (C=O) groups is 2. The molecule has 2 atom stereocenters. The van der Waals surface area contributed by atoms with E-state index < -0.39 is 0 Å². The van der Waals surface area contributed by atoms with Crippen molar-refractivity contribution >= 4 is 11.9 Å². The van der Waals surface area contributed by atoms with Gasteiger partial charge in [0.25, 0.3) is 5.91 Å². The largest absolute Gasteiger partial charge is 0.483 e. The molecule has 0 radical (unpaired) electrons. The average molecular weight is 376 g/mol. The summed E-state index contributed by atoms with van der Waals surface area (Å²) in [5.74, 6) is 0.896. The van der Waals surface area contributed by atoms with Crippen LogP contribution in [0.5, 0.6) is 5.75 Å². The molecule has 1 amide bonds. The Bertz CT molecular complexity index is 623. The molecule has 27 heavy (non-hydrogen) atoms. The Morgan fingerprint density at radius 3 is 2.44 bits per heavy atom. The quantitative estimate of drug-likeness (QED) is 0.644. The minimum atomic E-state index is -0.255. The highest BCUT2D eigenvalue weighted by Gasteiger charge is 2.31. The zero-order valence-electron chi connectivity index (χ0n) is 17.1. The second kappa shape index (κ2) is 10.3. The molecule has 0 heterocycles. The van der Waals surface area contributed by atoms with Gasteiger partial charge in [-0.25, -0.2) is 0 Å². The van der Waals surface area contributed by atoms with Crippen LogP contribution in [0.4, 0.5) is 0 Å².